The third kappa shape index (κ3) is 11.2. The molecule has 2 aromatic rings. The third-order valence-corrected chi connectivity index (χ3v) is 4.74. The quantitative estimate of drug-likeness (QED) is 0.260. The van der Waals surface area contributed by atoms with Crippen LogP contribution < -0.4 is 14.2 Å². The summed E-state index contributed by atoms with van der Waals surface area (Å²) in [7, 11) is 0. The number of benzene rings is 2. The van der Waals surface area contributed by atoms with Gasteiger partial charge in [0.1, 0.15) is 23.9 Å². The molecule has 0 saturated heterocycles. The van der Waals surface area contributed by atoms with Crippen molar-refractivity contribution in [1.82, 2.24) is 0 Å². The number of hydrogen-bond donors (Lipinski definition) is 1. The fourth-order valence-electron chi connectivity index (χ4n) is 2.93. The van der Waals surface area contributed by atoms with Gasteiger partial charge in [0, 0.05) is 24.7 Å². The van der Waals surface area contributed by atoms with Crippen LogP contribution in [0.4, 0.5) is 26.3 Å². The van der Waals surface area contributed by atoms with Gasteiger partial charge in [-0.15, -0.1) is 26.3 Å². The molecule has 0 spiro atoms. The van der Waals surface area contributed by atoms with Crippen LogP contribution in [0.25, 0.3) is 0 Å². The molecule has 2 aromatic carbocycles. The van der Waals surface area contributed by atoms with Gasteiger partial charge in [0.05, 0.1) is 5.02 Å². The SMILES string of the molecule is CCO[C@@H](Cc1ccc(OC/C=C(\C)C#Cc2cc(OC(F)(F)F)cc(OC(F)(F)F)c2)c(Cl)c1)C(=O)O. The molecule has 0 amide bonds. The van der Waals surface area contributed by atoms with Crippen molar-refractivity contribution in [1.29, 1.82) is 0 Å². The van der Waals surface area contributed by atoms with Gasteiger partial charge in [-0.2, -0.15) is 0 Å². The second-order valence-corrected chi connectivity index (χ2v) is 7.90. The Kier molecular flexibility index (Phi) is 10.7. The van der Waals surface area contributed by atoms with Crippen LogP contribution >= 0.6 is 11.6 Å². The Bertz CT molecular complexity index is 1180. The fourth-order valence-corrected chi connectivity index (χ4v) is 3.19. The molecule has 6 nitrogen and oxygen atoms in total. The zero-order valence-corrected chi connectivity index (χ0v) is 20.6. The van der Waals surface area contributed by atoms with Gasteiger partial charge in [0.15, 0.2) is 6.10 Å². The van der Waals surface area contributed by atoms with Crippen molar-refractivity contribution in [3.05, 3.63) is 64.2 Å². The van der Waals surface area contributed by atoms with Crippen LogP contribution in [0.2, 0.25) is 5.02 Å². The summed E-state index contributed by atoms with van der Waals surface area (Å²) in [5.41, 5.74) is 0.788. The van der Waals surface area contributed by atoms with Crippen molar-refractivity contribution in [3.63, 3.8) is 0 Å². The van der Waals surface area contributed by atoms with Crippen molar-refractivity contribution >= 4 is 17.6 Å². The average Bonchev–Trinajstić information content (AvgIpc) is 2.76. The number of ether oxygens (including phenoxy) is 4. The predicted molar refractivity (Wildman–Crippen MR) is 124 cm³/mol. The Morgan fingerprint density at radius 3 is 2.16 bits per heavy atom. The molecule has 13 heteroatoms. The molecule has 38 heavy (non-hydrogen) atoms. The van der Waals surface area contributed by atoms with Gasteiger partial charge in [-0.05, 0) is 55.3 Å². The molecule has 1 atom stereocenters. The highest BCUT2D eigenvalue weighted by Crippen LogP contribution is 2.31. The summed E-state index contributed by atoms with van der Waals surface area (Å²) in [4.78, 5) is 11.2. The summed E-state index contributed by atoms with van der Waals surface area (Å²) in [6, 6.07) is 6.79. The Morgan fingerprint density at radius 2 is 1.66 bits per heavy atom. The number of carboxylic acid groups (broad SMARTS) is 1. The van der Waals surface area contributed by atoms with Gasteiger partial charge in [-0.3, -0.25) is 0 Å². The molecule has 206 valence electrons. The van der Waals surface area contributed by atoms with Gasteiger partial charge < -0.3 is 24.1 Å². The number of aliphatic carboxylic acids is 1. The van der Waals surface area contributed by atoms with Gasteiger partial charge in [-0.25, -0.2) is 4.79 Å². The van der Waals surface area contributed by atoms with Gasteiger partial charge >= 0.3 is 18.7 Å². The lowest BCUT2D eigenvalue weighted by molar-refractivity contribution is -0.276. The van der Waals surface area contributed by atoms with Crippen LogP contribution in [0, 0.1) is 11.8 Å². The highest BCUT2D eigenvalue weighted by molar-refractivity contribution is 6.32. The van der Waals surface area contributed by atoms with E-state index in [1.165, 1.54) is 6.08 Å². The van der Waals surface area contributed by atoms with Crippen LogP contribution in [-0.4, -0.2) is 43.1 Å². The monoisotopic (exact) mass is 566 g/mol. The summed E-state index contributed by atoms with van der Waals surface area (Å²) >= 11 is 6.20. The number of allylic oxidation sites excluding steroid dienone is 1. The normalized spacial score (nSPS) is 12.8. The molecule has 2 rings (SSSR count). The zero-order valence-electron chi connectivity index (χ0n) is 19.9. The van der Waals surface area contributed by atoms with E-state index in [0.717, 1.165) is 12.1 Å². The number of halogens is 7. The van der Waals surface area contributed by atoms with E-state index >= 15 is 0 Å². The van der Waals surface area contributed by atoms with E-state index in [0.29, 0.717) is 23.0 Å². The molecule has 0 aliphatic heterocycles. The summed E-state index contributed by atoms with van der Waals surface area (Å²) < 4.78 is 93.2. The standard InChI is InChI=1S/C25H21ClF6O6/c1-3-35-22(23(33)34)13-17-6-7-21(20(26)12-17)36-9-8-15(2)4-5-16-10-18(37-24(27,28)29)14-19(11-16)38-25(30,31)32/h6-8,10-12,14,22H,3,9,13H2,1-2H3,(H,33,34)/b15-8+/t22-/m0/s1. The molecule has 0 heterocycles. The molecule has 0 aliphatic rings. The zero-order chi connectivity index (χ0) is 28.5. The minimum atomic E-state index is -5.13. The lowest BCUT2D eigenvalue weighted by Gasteiger charge is -2.13. The maximum atomic E-state index is 12.5. The summed E-state index contributed by atoms with van der Waals surface area (Å²) in [6.07, 6.45) is -9.67. The topological polar surface area (TPSA) is 74.2 Å². The lowest BCUT2D eigenvalue weighted by Crippen LogP contribution is -2.26. The first-order valence-corrected chi connectivity index (χ1v) is 11.1. The van der Waals surface area contributed by atoms with Crippen LogP contribution in [0.1, 0.15) is 25.0 Å². The number of rotatable bonds is 10. The van der Waals surface area contributed by atoms with Crippen molar-refractivity contribution < 1.29 is 55.2 Å². The summed E-state index contributed by atoms with van der Waals surface area (Å²) in [5, 5.41) is 9.41. The van der Waals surface area contributed by atoms with E-state index < -0.39 is 36.3 Å². The largest absolute Gasteiger partial charge is 0.573 e. The summed E-state index contributed by atoms with van der Waals surface area (Å²) in [5.74, 6) is 2.37. The Labute approximate surface area is 218 Å². The van der Waals surface area contributed by atoms with Crippen molar-refractivity contribution in [2.45, 2.75) is 39.1 Å². The molecule has 0 aromatic heterocycles. The van der Waals surface area contributed by atoms with Crippen molar-refractivity contribution in [2.24, 2.45) is 0 Å². The Balaban J connectivity index is 2.10. The van der Waals surface area contributed by atoms with Crippen LogP contribution in [0.5, 0.6) is 17.2 Å². The number of hydrogen-bond acceptors (Lipinski definition) is 5. The second kappa shape index (κ2) is 13.3. The first-order chi connectivity index (χ1) is 17.6. The molecule has 1 N–H and O–H groups in total. The van der Waals surface area contributed by atoms with Crippen molar-refractivity contribution in [3.8, 4) is 29.1 Å². The van der Waals surface area contributed by atoms with E-state index in [1.807, 2.05) is 0 Å². The minimum Gasteiger partial charge on any atom is -0.488 e. The van der Waals surface area contributed by atoms with E-state index in [9.17, 15) is 36.2 Å². The maximum Gasteiger partial charge on any atom is 0.573 e. The molecule has 0 aliphatic carbocycles. The van der Waals surface area contributed by atoms with Crippen LogP contribution in [-0.2, 0) is 16.0 Å². The highest BCUT2D eigenvalue weighted by atomic mass is 35.5. The van der Waals surface area contributed by atoms with Crippen LogP contribution in [0.3, 0.4) is 0 Å². The van der Waals surface area contributed by atoms with E-state index in [-0.39, 0.29) is 30.2 Å². The third-order valence-electron chi connectivity index (χ3n) is 4.44. The highest BCUT2D eigenvalue weighted by Gasteiger charge is 2.33. The van der Waals surface area contributed by atoms with Crippen molar-refractivity contribution in [2.75, 3.05) is 13.2 Å². The summed E-state index contributed by atoms with van der Waals surface area (Å²) in [6.45, 7) is 3.44. The van der Waals surface area contributed by atoms with Gasteiger partial charge in [-0.1, -0.05) is 29.5 Å². The second-order valence-electron chi connectivity index (χ2n) is 7.49. The molecule has 0 unspecified atom stereocenters. The van der Waals surface area contributed by atoms with Gasteiger partial charge in [0.2, 0.25) is 0 Å². The minimum absolute atomic E-state index is 0.0179. The molecular weight excluding hydrogens is 546 g/mol. The molecule has 0 radical (unpaired) electrons. The Hall–Kier alpha value is -3.56. The smallest absolute Gasteiger partial charge is 0.488 e. The molecular formula is C25H21ClF6O6. The molecule has 0 saturated carbocycles. The predicted octanol–water partition coefficient (Wildman–Crippen LogP) is 6.55. The molecule has 0 fully saturated rings. The number of carboxylic acids is 1. The number of alkyl halides is 6. The Morgan fingerprint density at radius 1 is 1.05 bits per heavy atom. The lowest BCUT2D eigenvalue weighted by atomic mass is 10.1. The van der Waals surface area contributed by atoms with E-state index in [1.54, 1.807) is 32.0 Å². The van der Waals surface area contributed by atoms with Gasteiger partial charge in [0.25, 0.3) is 0 Å². The van der Waals surface area contributed by atoms with E-state index in [2.05, 4.69) is 21.3 Å². The van der Waals surface area contributed by atoms with E-state index in [4.69, 9.17) is 21.1 Å². The van der Waals surface area contributed by atoms with Crippen LogP contribution in [0.15, 0.2) is 48.0 Å². The number of carbonyl (C=O) groups is 1. The molecule has 0 bridgehead atoms. The fraction of sp³-hybridized carbons (Fsp3) is 0.320. The first kappa shape index (κ1) is 30.7. The first-order valence-electron chi connectivity index (χ1n) is 10.8. The average molecular weight is 567 g/mol. The maximum absolute atomic E-state index is 12.5.